The van der Waals surface area contributed by atoms with Gasteiger partial charge in [-0.2, -0.15) is 0 Å². The van der Waals surface area contributed by atoms with E-state index in [4.69, 9.17) is 4.98 Å². The van der Waals surface area contributed by atoms with E-state index in [0.29, 0.717) is 12.1 Å². The van der Waals surface area contributed by atoms with E-state index in [1.165, 1.54) is 41.3 Å². The molecule has 0 amide bonds. The van der Waals surface area contributed by atoms with E-state index in [1.807, 2.05) is 11.3 Å². The molecular formula is C17H30N2S. The first-order valence-electron chi connectivity index (χ1n) is 8.01. The van der Waals surface area contributed by atoms with Gasteiger partial charge < -0.3 is 5.32 Å². The van der Waals surface area contributed by atoms with Crippen molar-refractivity contribution in [3.8, 4) is 0 Å². The molecule has 114 valence electrons. The minimum Gasteiger partial charge on any atom is -0.307 e. The van der Waals surface area contributed by atoms with Gasteiger partial charge in [-0.05, 0) is 32.6 Å². The Balaban J connectivity index is 2.05. The summed E-state index contributed by atoms with van der Waals surface area (Å²) in [5.41, 5.74) is 1.37. The summed E-state index contributed by atoms with van der Waals surface area (Å²) in [4.78, 5) is 6.21. The second kappa shape index (κ2) is 6.15. The van der Waals surface area contributed by atoms with Crippen molar-refractivity contribution in [3.05, 3.63) is 15.6 Å². The minimum atomic E-state index is 0.159. The van der Waals surface area contributed by atoms with E-state index in [0.717, 1.165) is 5.92 Å². The molecule has 1 aromatic heterocycles. The van der Waals surface area contributed by atoms with Crippen LogP contribution in [0.15, 0.2) is 0 Å². The molecule has 3 atom stereocenters. The van der Waals surface area contributed by atoms with Crippen LogP contribution in [-0.4, -0.2) is 11.0 Å². The van der Waals surface area contributed by atoms with Gasteiger partial charge in [0.05, 0.1) is 10.7 Å². The third-order valence-corrected chi connectivity index (χ3v) is 6.06. The number of aromatic nitrogens is 1. The van der Waals surface area contributed by atoms with Crippen molar-refractivity contribution in [3.63, 3.8) is 0 Å². The topological polar surface area (TPSA) is 24.9 Å². The van der Waals surface area contributed by atoms with Gasteiger partial charge in [-0.1, -0.05) is 40.5 Å². The fourth-order valence-electron chi connectivity index (χ4n) is 3.15. The summed E-state index contributed by atoms with van der Waals surface area (Å²) in [6.07, 6.45) is 5.44. The van der Waals surface area contributed by atoms with Crippen LogP contribution in [0.25, 0.3) is 0 Å². The van der Waals surface area contributed by atoms with Crippen LogP contribution < -0.4 is 5.32 Å². The van der Waals surface area contributed by atoms with E-state index < -0.39 is 0 Å². The largest absolute Gasteiger partial charge is 0.307 e. The third kappa shape index (κ3) is 3.82. The molecular weight excluding hydrogens is 264 g/mol. The maximum Gasteiger partial charge on any atom is 0.0985 e. The zero-order valence-corrected chi connectivity index (χ0v) is 14.7. The molecule has 1 N–H and O–H groups in total. The van der Waals surface area contributed by atoms with Crippen molar-refractivity contribution in [2.75, 3.05) is 0 Å². The summed E-state index contributed by atoms with van der Waals surface area (Å²) in [5.74, 6) is 0.876. The standard InChI is InChI=1S/C17H30N2S/c1-11-8-7-9-14(10-11)18-12(2)15-13(3)19-16(20-15)17(4,5)6/h11-12,14,18H,7-10H2,1-6H3. The lowest BCUT2D eigenvalue weighted by atomic mass is 9.87. The Morgan fingerprint density at radius 3 is 2.55 bits per heavy atom. The molecule has 1 aliphatic carbocycles. The summed E-state index contributed by atoms with van der Waals surface area (Å²) in [6, 6.07) is 1.12. The third-order valence-electron chi connectivity index (χ3n) is 4.29. The Kier molecular flexibility index (Phi) is 4.91. The first-order chi connectivity index (χ1) is 9.27. The lowest BCUT2D eigenvalue weighted by molar-refractivity contribution is 0.286. The second-order valence-corrected chi connectivity index (χ2v) is 8.61. The van der Waals surface area contributed by atoms with Crippen LogP contribution in [0.1, 0.15) is 81.9 Å². The molecule has 0 aromatic carbocycles. The molecule has 20 heavy (non-hydrogen) atoms. The molecule has 0 aliphatic heterocycles. The Morgan fingerprint density at radius 1 is 1.30 bits per heavy atom. The lowest BCUT2D eigenvalue weighted by Crippen LogP contribution is -2.35. The molecule has 0 radical (unpaired) electrons. The van der Waals surface area contributed by atoms with Gasteiger partial charge >= 0.3 is 0 Å². The number of nitrogens with one attached hydrogen (secondary N) is 1. The fraction of sp³-hybridized carbons (Fsp3) is 0.824. The van der Waals surface area contributed by atoms with Gasteiger partial charge in [-0.15, -0.1) is 11.3 Å². The van der Waals surface area contributed by atoms with E-state index in [2.05, 4.69) is 46.9 Å². The normalized spacial score (nSPS) is 25.7. The van der Waals surface area contributed by atoms with Crippen LogP contribution in [0.5, 0.6) is 0 Å². The van der Waals surface area contributed by atoms with Crippen LogP contribution >= 0.6 is 11.3 Å². The molecule has 1 fully saturated rings. The Hall–Kier alpha value is -0.410. The van der Waals surface area contributed by atoms with Crippen LogP contribution in [0.4, 0.5) is 0 Å². The zero-order chi connectivity index (χ0) is 14.9. The number of hydrogen-bond donors (Lipinski definition) is 1. The predicted octanol–water partition coefficient (Wildman–Crippen LogP) is 4.98. The highest BCUT2D eigenvalue weighted by atomic mass is 32.1. The van der Waals surface area contributed by atoms with Crippen molar-refractivity contribution >= 4 is 11.3 Å². The molecule has 3 unspecified atom stereocenters. The smallest absolute Gasteiger partial charge is 0.0985 e. The Morgan fingerprint density at radius 2 is 2.00 bits per heavy atom. The maximum absolute atomic E-state index is 4.79. The number of rotatable bonds is 3. The summed E-state index contributed by atoms with van der Waals surface area (Å²) in [7, 11) is 0. The SMILES string of the molecule is Cc1nc(C(C)(C)C)sc1C(C)NC1CCCC(C)C1. The van der Waals surface area contributed by atoms with Crippen molar-refractivity contribution in [2.24, 2.45) is 5.92 Å². The average molecular weight is 295 g/mol. The first-order valence-corrected chi connectivity index (χ1v) is 8.83. The van der Waals surface area contributed by atoms with Gasteiger partial charge in [0.15, 0.2) is 0 Å². The average Bonchev–Trinajstić information content (AvgIpc) is 2.71. The number of thiazole rings is 1. The molecule has 2 nitrogen and oxygen atoms in total. The number of hydrogen-bond acceptors (Lipinski definition) is 3. The highest BCUT2D eigenvalue weighted by Crippen LogP contribution is 2.33. The van der Waals surface area contributed by atoms with Gasteiger partial charge in [0.25, 0.3) is 0 Å². The molecule has 1 aromatic rings. The number of aryl methyl sites for hydroxylation is 1. The summed E-state index contributed by atoms with van der Waals surface area (Å²) in [6.45, 7) is 13.6. The van der Waals surface area contributed by atoms with Crippen molar-refractivity contribution < 1.29 is 0 Å². The summed E-state index contributed by atoms with van der Waals surface area (Å²) in [5, 5.41) is 5.10. The minimum absolute atomic E-state index is 0.159. The Labute approximate surface area is 128 Å². The highest BCUT2D eigenvalue weighted by molar-refractivity contribution is 7.12. The van der Waals surface area contributed by atoms with Gasteiger partial charge in [0.1, 0.15) is 0 Å². The molecule has 0 saturated heterocycles. The van der Waals surface area contributed by atoms with Gasteiger partial charge in [-0.25, -0.2) is 4.98 Å². The predicted molar refractivity (Wildman–Crippen MR) is 88.5 cm³/mol. The second-order valence-electron chi connectivity index (χ2n) is 7.58. The van der Waals surface area contributed by atoms with Crippen molar-refractivity contribution in [1.29, 1.82) is 0 Å². The quantitative estimate of drug-likeness (QED) is 0.850. The van der Waals surface area contributed by atoms with Crippen LogP contribution in [-0.2, 0) is 5.41 Å². The van der Waals surface area contributed by atoms with Crippen molar-refractivity contribution in [2.45, 2.75) is 84.7 Å². The van der Waals surface area contributed by atoms with E-state index in [1.54, 1.807) is 0 Å². The molecule has 1 heterocycles. The van der Waals surface area contributed by atoms with Crippen LogP contribution in [0, 0.1) is 12.8 Å². The van der Waals surface area contributed by atoms with Gasteiger partial charge in [0, 0.05) is 22.4 Å². The summed E-state index contributed by atoms with van der Waals surface area (Å²) < 4.78 is 0. The van der Waals surface area contributed by atoms with Crippen molar-refractivity contribution in [1.82, 2.24) is 10.3 Å². The Bertz CT molecular complexity index is 444. The van der Waals surface area contributed by atoms with Crippen LogP contribution in [0.2, 0.25) is 0 Å². The fourth-order valence-corrected chi connectivity index (χ4v) is 4.28. The first kappa shape index (κ1) is 16.0. The van der Waals surface area contributed by atoms with E-state index in [-0.39, 0.29) is 5.41 Å². The molecule has 1 aliphatic rings. The number of nitrogens with zero attached hydrogens (tertiary/aromatic N) is 1. The summed E-state index contributed by atoms with van der Waals surface area (Å²) >= 11 is 1.89. The van der Waals surface area contributed by atoms with E-state index >= 15 is 0 Å². The zero-order valence-electron chi connectivity index (χ0n) is 13.9. The van der Waals surface area contributed by atoms with E-state index in [9.17, 15) is 0 Å². The molecule has 1 saturated carbocycles. The van der Waals surface area contributed by atoms with Gasteiger partial charge in [0.2, 0.25) is 0 Å². The lowest BCUT2D eigenvalue weighted by Gasteiger charge is -2.30. The molecule has 0 bridgehead atoms. The molecule has 2 rings (SSSR count). The van der Waals surface area contributed by atoms with Crippen LogP contribution in [0.3, 0.4) is 0 Å². The highest BCUT2D eigenvalue weighted by Gasteiger charge is 2.25. The monoisotopic (exact) mass is 294 g/mol. The molecule has 0 spiro atoms. The van der Waals surface area contributed by atoms with Gasteiger partial charge in [-0.3, -0.25) is 0 Å². The maximum atomic E-state index is 4.79. The molecule has 3 heteroatoms.